The Morgan fingerprint density at radius 1 is 1.44 bits per heavy atom. The van der Waals surface area contributed by atoms with Crippen LogP contribution in [0.25, 0.3) is 0 Å². The van der Waals surface area contributed by atoms with E-state index in [9.17, 15) is 9.50 Å². The highest BCUT2D eigenvalue weighted by Gasteiger charge is 2.39. The van der Waals surface area contributed by atoms with Crippen LogP contribution in [0.2, 0.25) is 0 Å². The maximum absolute atomic E-state index is 13.3. The molecule has 2 nitrogen and oxygen atoms in total. The summed E-state index contributed by atoms with van der Waals surface area (Å²) >= 11 is 0. The van der Waals surface area contributed by atoms with E-state index >= 15 is 0 Å². The van der Waals surface area contributed by atoms with Crippen molar-refractivity contribution in [1.29, 1.82) is 0 Å². The number of rotatable bonds is 3. The third kappa shape index (κ3) is 2.73. The van der Waals surface area contributed by atoms with Gasteiger partial charge < -0.3 is 9.84 Å². The summed E-state index contributed by atoms with van der Waals surface area (Å²) in [6.45, 7) is 1.95. The molecule has 1 N–H and O–H groups in total. The molecule has 1 fully saturated rings. The van der Waals surface area contributed by atoms with Gasteiger partial charge in [0.25, 0.3) is 0 Å². The van der Waals surface area contributed by atoms with Crippen LogP contribution in [0.5, 0.6) is 0 Å². The van der Waals surface area contributed by atoms with E-state index < -0.39 is 5.60 Å². The topological polar surface area (TPSA) is 29.5 Å². The second-order valence-corrected chi connectivity index (χ2v) is 5.32. The van der Waals surface area contributed by atoms with Crippen molar-refractivity contribution in [3.63, 3.8) is 0 Å². The van der Waals surface area contributed by atoms with Crippen LogP contribution in [0.15, 0.2) is 18.2 Å². The predicted octanol–water partition coefficient (Wildman–Crippen LogP) is 3.00. The van der Waals surface area contributed by atoms with Gasteiger partial charge in [-0.25, -0.2) is 4.39 Å². The summed E-state index contributed by atoms with van der Waals surface area (Å²) in [5.74, 6) is -0.246. The second-order valence-electron chi connectivity index (χ2n) is 5.32. The molecular formula is C15H21FO2. The van der Waals surface area contributed by atoms with Crippen LogP contribution in [-0.4, -0.2) is 23.9 Å². The van der Waals surface area contributed by atoms with Crippen LogP contribution in [0, 0.1) is 12.7 Å². The van der Waals surface area contributed by atoms with E-state index in [2.05, 4.69) is 0 Å². The first kappa shape index (κ1) is 13.5. The van der Waals surface area contributed by atoms with Crippen molar-refractivity contribution in [3.05, 3.63) is 35.1 Å². The Labute approximate surface area is 108 Å². The summed E-state index contributed by atoms with van der Waals surface area (Å²) in [5.41, 5.74) is 1.04. The summed E-state index contributed by atoms with van der Waals surface area (Å²) < 4.78 is 18.7. The van der Waals surface area contributed by atoms with E-state index in [1.54, 1.807) is 13.2 Å². The van der Waals surface area contributed by atoms with Gasteiger partial charge in [0.2, 0.25) is 0 Å². The third-order valence-electron chi connectivity index (χ3n) is 4.02. The lowest BCUT2D eigenvalue weighted by atomic mass is 9.77. The molecule has 1 aromatic rings. The molecule has 0 aromatic heterocycles. The average molecular weight is 252 g/mol. The molecule has 1 aromatic carbocycles. The van der Waals surface area contributed by atoms with E-state index in [1.165, 1.54) is 12.1 Å². The molecule has 1 aliphatic rings. The zero-order valence-electron chi connectivity index (χ0n) is 11.1. The number of ether oxygens (including phenoxy) is 1. The van der Waals surface area contributed by atoms with Crippen molar-refractivity contribution in [2.45, 2.75) is 50.7 Å². The summed E-state index contributed by atoms with van der Waals surface area (Å²) in [6, 6.07) is 4.74. The first-order valence-electron chi connectivity index (χ1n) is 6.55. The van der Waals surface area contributed by atoms with Crippen molar-refractivity contribution in [1.82, 2.24) is 0 Å². The van der Waals surface area contributed by atoms with E-state index in [0.717, 1.165) is 36.8 Å². The number of aryl methyl sites for hydroxylation is 1. The standard InChI is InChI=1S/C15H21FO2/c1-11-6-7-13(16)9-12(11)10-15(17)8-4-3-5-14(15)18-2/h6-7,9,14,17H,3-5,8,10H2,1-2H3. The van der Waals surface area contributed by atoms with Crippen molar-refractivity contribution in [2.75, 3.05) is 7.11 Å². The Balaban J connectivity index is 2.22. The molecule has 3 heteroatoms. The fourth-order valence-electron chi connectivity index (χ4n) is 2.89. The Hall–Kier alpha value is -0.930. The Bertz CT molecular complexity index is 419. The molecule has 0 radical (unpaired) electrons. The third-order valence-corrected chi connectivity index (χ3v) is 4.02. The molecule has 1 aliphatic carbocycles. The Morgan fingerprint density at radius 2 is 2.22 bits per heavy atom. The van der Waals surface area contributed by atoms with Crippen LogP contribution >= 0.6 is 0 Å². The molecule has 18 heavy (non-hydrogen) atoms. The first-order valence-corrected chi connectivity index (χ1v) is 6.55. The zero-order valence-corrected chi connectivity index (χ0v) is 11.1. The molecule has 0 heterocycles. The average Bonchev–Trinajstić information content (AvgIpc) is 2.34. The van der Waals surface area contributed by atoms with Crippen LogP contribution in [-0.2, 0) is 11.2 Å². The Kier molecular flexibility index (Phi) is 4.03. The van der Waals surface area contributed by atoms with Gasteiger partial charge in [0.05, 0.1) is 11.7 Å². The second kappa shape index (κ2) is 5.37. The lowest BCUT2D eigenvalue weighted by Gasteiger charge is -2.39. The van der Waals surface area contributed by atoms with E-state index in [-0.39, 0.29) is 11.9 Å². The van der Waals surface area contributed by atoms with Gasteiger partial charge in [0.1, 0.15) is 5.82 Å². The molecule has 100 valence electrons. The highest BCUT2D eigenvalue weighted by molar-refractivity contribution is 5.28. The lowest BCUT2D eigenvalue weighted by Crippen LogP contribution is -2.47. The summed E-state index contributed by atoms with van der Waals surface area (Å²) in [6.07, 6.45) is 4.01. The minimum atomic E-state index is -0.856. The van der Waals surface area contributed by atoms with Crippen molar-refractivity contribution in [2.24, 2.45) is 0 Å². The summed E-state index contributed by atoms with van der Waals surface area (Å²) in [5, 5.41) is 10.8. The van der Waals surface area contributed by atoms with Gasteiger partial charge in [-0.3, -0.25) is 0 Å². The molecule has 0 saturated heterocycles. The fraction of sp³-hybridized carbons (Fsp3) is 0.600. The van der Waals surface area contributed by atoms with Gasteiger partial charge in [-0.15, -0.1) is 0 Å². The number of aliphatic hydroxyl groups is 1. The largest absolute Gasteiger partial charge is 0.387 e. The number of benzene rings is 1. The van der Waals surface area contributed by atoms with Gasteiger partial charge in [0.15, 0.2) is 0 Å². The maximum Gasteiger partial charge on any atom is 0.123 e. The van der Waals surface area contributed by atoms with Crippen LogP contribution in [0.1, 0.15) is 36.8 Å². The lowest BCUT2D eigenvalue weighted by molar-refractivity contribution is -0.116. The Morgan fingerprint density at radius 3 is 2.94 bits per heavy atom. The molecule has 0 bridgehead atoms. The molecule has 2 rings (SSSR count). The SMILES string of the molecule is COC1CCCCC1(O)Cc1cc(F)ccc1C. The highest BCUT2D eigenvalue weighted by Crippen LogP contribution is 2.34. The van der Waals surface area contributed by atoms with Gasteiger partial charge in [0, 0.05) is 13.5 Å². The number of methoxy groups -OCH3 is 1. The molecule has 0 spiro atoms. The summed E-state index contributed by atoms with van der Waals surface area (Å²) in [4.78, 5) is 0. The number of hydrogen-bond donors (Lipinski definition) is 1. The monoisotopic (exact) mass is 252 g/mol. The molecule has 1 saturated carbocycles. The van der Waals surface area contributed by atoms with Crippen LogP contribution < -0.4 is 0 Å². The summed E-state index contributed by atoms with van der Waals surface area (Å²) in [7, 11) is 1.64. The zero-order chi connectivity index (χ0) is 13.2. The molecule has 2 atom stereocenters. The first-order chi connectivity index (χ1) is 8.55. The smallest absolute Gasteiger partial charge is 0.123 e. The minimum absolute atomic E-state index is 0.145. The van der Waals surface area contributed by atoms with Gasteiger partial charge in [-0.2, -0.15) is 0 Å². The van der Waals surface area contributed by atoms with Gasteiger partial charge in [-0.1, -0.05) is 18.9 Å². The number of hydrogen-bond acceptors (Lipinski definition) is 2. The van der Waals surface area contributed by atoms with E-state index in [1.807, 2.05) is 6.92 Å². The minimum Gasteiger partial charge on any atom is -0.387 e. The molecular weight excluding hydrogens is 231 g/mol. The molecule has 0 aliphatic heterocycles. The highest BCUT2D eigenvalue weighted by atomic mass is 19.1. The predicted molar refractivity (Wildman–Crippen MR) is 69.1 cm³/mol. The van der Waals surface area contributed by atoms with E-state index in [4.69, 9.17) is 4.74 Å². The maximum atomic E-state index is 13.3. The molecule has 0 amide bonds. The number of halogens is 1. The van der Waals surface area contributed by atoms with Gasteiger partial charge in [-0.05, 0) is 43.0 Å². The fourth-order valence-corrected chi connectivity index (χ4v) is 2.89. The van der Waals surface area contributed by atoms with Crippen LogP contribution in [0.4, 0.5) is 4.39 Å². The van der Waals surface area contributed by atoms with Crippen molar-refractivity contribution in [3.8, 4) is 0 Å². The van der Waals surface area contributed by atoms with Gasteiger partial charge >= 0.3 is 0 Å². The van der Waals surface area contributed by atoms with E-state index in [0.29, 0.717) is 6.42 Å². The molecule has 2 unspecified atom stereocenters. The normalized spacial score (nSPS) is 28.3. The van der Waals surface area contributed by atoms with Crippen molar-refractivity contribution < 1.29 is 14.2 Å². The van der Waals surface area contributed by atoms with Crippen LogP contribution in [0.3, 0.4) is 0 Å². The quantitative estimate of drug-likeness (QED) is 0.896. The van der Waals surface area contributed by atoms with Crippen molar-refractivity contribution >= 4 is 0 Å².